The molecule has 1 fully saturated rings. The summed E-state index contributed by atoms with van der Waals surface area (Å²) in [5.74, 6) is 0.630. The Morgan fingerprint density at radius 3 is 2.59 bits per heavy atom. The second kappa shape index (κ2) is 5.71. The second-order valence-electron chi connectivity index (χ2n) is 6.17. The molecule has 1 heterocycles. The molecule has 1 rings (SSSR count). The Balaban J connectivity index is 2.32. The number of nitrogens with zero attached hydrogens (tertiary/aromatic N) is 2. The Morgan fingerprint density at radius 2 is 2.06 bits per heavy atom. The molecule has 0 aliphatic carbocycles. The first-order chi connectivity index (χ1) is 7.78. The molecule has 0 aromatic carbocycles. The van der Waals surface area contributed by atoms with Crippen molar-refractivity contribution in [2.75, 3.05) is 33.7 Å². The molecule has 0 N–H and O–H groups in total. The predicted octanol–water partition coefficient (Wildman–Crippen LogP) is 2.20. The van der Waals surface area contributed by atoms with Gasteiger partial charge in [0.1, 0.15) is 5.60 Å². The summed E-state index contributed by atoms with van der Waals surface area (Å²) in [7, 11) is 4.17. The van der Waals surface area contributed by atoms with Crippen LogP contribution >= 0.6 is 0 Å². The van der Waals surface area contributed by atoms with Gasteiger partial charge in [-0.2, -0.15) is 0 Å². The smallest absolute Gasteiger partial charge is 0.410 e. The SMILES string of the molecule is CN(C)CCC1CCN(C(=O)OC(C)(C)C)C1. The monoisotopic (exact) mass is 242 g/mol. The fourth-order valence-electron chi connectivity index (χ4n) is 2.00. The largest absolute Gasteiger partial charge is 0.444 e. The number of likely N-dealkylation sites (tertiary alicyclic amines) is 1. The zero-order valence-corrected chi connectivity index (χ0v) is 11.8. The minimum atomic E-state index is -0.390. The van der Waals surface area contributed by atoms with Gasteiger partial charge in [0.05, 0.1) is 0 Å². The zero-order chi connectivity index (χ0) is 13.1. The van der Waals surface area contributed by atoms with Gasteiger partial charge in [-0.3, -0.25) is 0 Å². The van der Waals surface area contributed by atoms with E-state index in [0.29, 0.717) is 5.92 Å². The van der Waals surface area contributed by atoms with Gasteiger partial charge in [0.2, 0.25) is 0 Å². The van der Waals surface area contributed by atoms with Crippen molar-refractivity contribution in [3.05, 3.63) is 0 Å². The average Bonchev–Trinajstić information content (AvgIpc) is 2.60. The molecule has 0 bridgehead atoms. The fourth-order valence-corrected chi connectivity index (χ4v) is 2.00. The quantitative estimate of drug-likeness (QED) is 0.760. The predicted molar refractivity (Wildman–Crippen MR) is 69.1 cm³/mol. The number of rotatable bonds is 3. The Kier molecular flexibility index (Phi) is 4.80. The van der Waals surface area contributed by atoms with Crippen LogP contribution in [0.25, 0.3) is 0 Å². The van der Waals surface area contributed by atoms with Crippen LogP contribution in [0, 0.1) is 5.92 Å². The fraction of sp³-hybridized carbons (Fsp3) is 0.923. The summed E-state index contributed by atoms with van der Waals surface area (Å²) < 4.78 is 5.37. The van der Waals surface area contributed by atoms with Gasteiger partial charge in [0.25, 0.3) is 0 Å². The summed E-state index contributed by atoms with van der Waals surface area (Å²) >= 11 is 0. The Morgan fingerprint density at radius 1 is 1.41 bits per heavy atom. The van der Waals surface area contributed by atoms with E-state index in [1.54, 1.807) is 0 Å². The standard InChI is InChI=1S/C13H26N2O2/c1-13(2,3)17-12(16)15-9-7-11(10-15)6-8-14(4)5/h11H,6-10H2,1-5H3. The molecule has 1 atom stereocenters. The van der Waals surface area contributed by atoms with Crippen LogP contribution in [0.4, 0.5) is 4.79 Å². The van der Waals surface area contributed by atoms with E-state index >= 15 is 0 Å². The van der Waals surface area contributed by atoms with Crippen LogP contribution in [0.2, 0.25) is 0 Å². The highest BCUT2D eigenvalue weighted by Gasteiger charge is 2.29. The molecule has 0 aromatic heterocycles. The van der Waals surface area contributed by atoms with E-state index < -0.39 is 5.60 Å². The Labute approximate surface area is 105 Å². The molecule has 1 aliphatic heterocycles. The van der Waals surface area contributed by atoms with Crippen LogP contribution in [0.5, 0.6) is 0 Å². The minimum Gasteiger partial charge on any atom is -0.444 e. The summed E-state index contributed by atoms with van der Waals surface area (Å²) in [5.41, 5.74) is -0.390. The van der Waals surface area contributed by atoms with E-state index in [1.807, 2.05) is 25.7 Å². The normalized spacial score (nSPS) is 21.1. The summed E-state index contributed by atoms with van der Waals surface area (Å²) in [6.45, 7) is 8.50. The van der Waals surface area contributed by atoms with Gasteiger partial charge in [-0.05, 0) is 60.2 Å². The van der Waals surface area contributed by atoms with E-state index in [-0.39, 0.29) is 6.09 Å². The van der Waals surface area contributed by atoms with Crippen LogP contribution < -0.4 is 0 Å². The molecule has 1 aliphatic rings. The van der Waals surface area contributed by atoms with Crippen LogP contribution in [-0.2, 0) is 4.74 Å². The van der Waals surface area contributed by atoms with E-state index in [2.05, 4.69) is 19.0 Å². The minimum absolute atomic E-state index is 0.162. The molecule has 100 valence electrons. The molecule has 1 amide bonds. The summed E-state index contributed by atoms with van der Waals surface area (Å²) in [5, 5.41) is 0. The van der Waals surface area contributed by atoms with Gasteiger partial charge in [-0.1, -0.05) is 0 Å². The lowest BCUT2D eigenvalue weighted by atomic mass is 10.1. The number of ether oxygens (including phenoxy) is 1. The van der Waals surface area contributed by atoms with Crippen LogP contribution in [0.15, 0.2) is 0 Å². The summed E-state index contributed by atoms with van der Waals surface area (Å²) in [6, 6.07) is 0. The van der Waals surface area contributed by atoms with Crippen LogP contribution in [0.3, 0.4) is 0 Å². The third kappa shape index (κ3) is 5.39. The number of hydrogen-bond donors (Lipinski definition) is 0. The molecular weight excluding hydrogens is 216 g/mol. The molecule has 1 saturated heterocycles. The molecule has 0 saturated carbocycles. The molecular formula is C13H26N2O2. The topological polar surface area (TPSA) is 32.8 Å². The highest BCUT2D eigenvalue weighted by atomic mass is 16.6. The van der Waals surface area contributed by atoms with Crippen molar-refractivity contribution in [1.29, 1.82) is 0 Å². The van der Waals surface area contributed by atoms with Crippen molar-refractivity contribution in [2.45, 2.75) is 39.2 Å². The third-order valence-electron chi connectivity index (χ3n) is 2.92. The number of carbonyl (C=O) groups is 1. The lowest BCUT2D eigenvalue weighted by Crippen LogP contribution is -2.35. The first-order valence-corrected chi connectivity index (χ1v) is 6.40. The molecule has 0 aromatic rings. The van der Waals surface area contributed by atoms with Gasteiger partial charge in [0.15, 0.2) is 0 Å². The highest BCUT2D eigenvalue weighted by molar-refractivity contribution is 5.68. The van der Waals surface area contributed by atoms with Gasteiger partial charge in [0, 0.05) is 13.1 Å². The van der Waals surface area contributed by atoms with Crippen molar-refractivity contribution < 1.29 is 9.53 Å². The van der Waals surface area contributed by atoms with E-state index in [1.165, 1.54) is 0 Å². The highest BCUT2D eigenvalue weighted by Crippen LogP contribution is 2.21. The van der Waals surface area contributed by atoms with Gasteiger partial charge in [-0.15, -0.1) is 0 Å². The number of hydrogen-bond acceptors (Lipinski definition) is 3. The van der Waals surface area contributed by atoms with Crippen LogP contribution in [-0.4, -0.2) is 55.2 Å². The zero-order valence-electron chi connectivity index (χ0n) is 11.8. The molecule has 1 unspecified atom stereocenters. The van der Waals surface area contributed by atoms with Gasteiger partial charge < -0.3 is 14.5 Å². The number of carbonyl (C=O) groups excluding carboxylic acids is 1. The maximum atomic E-state index is 11.8. The van der Waals surface area contributed by atoms with Crippen molar-refractivity contribution in [3.8, 4) is 0 Å². The van der Waals surface area contributed by atoms with Gasteiger partial charge in [-0.25, -0.2) is 4.79 Å². The average molecular weight is 242 g/mol. The lowest BCUT2D eigenvalue weighted by molar-refractivity contribution is 0.0287. The van der Waals surface area contributed by atoms with Crippen molar-refractivity contribution in [2.24, 2.45) is 5.92 Å². The Bertz CT molecular complexity index is 259. The summed E-state index contributed by atoms with van der Waals surface area (Å²) in [4.78, 5) is 15.9. The lowest BCUT2D eigenvalue weighted by Gasteiger charge is -2.24. The summed E-state index contributed by atoms with van der Waals surface area (Å²) in [6.07, 6.45) is 2.10. The molecule has 0 radical (unpaired) electrons. The molecule has 4 heteroatoms. The van der Waals surface area contributed by atoms with E-state index in [0.717, 1.165) is 32.5 Å². The maximum Gasteiger partial charge on any atom is 0.410 e. The van der Waals surface area contributed by atoms with Crippen molar-refractivity contribution in [1.82, 2.24) is 9.80 Å². The maximum absolute atomic E-state index is 11.8. The first-order valence-electron chi connectivity index (χ1n) is 6.40. The van der Waals surface area contributed by atoms with Gasteiger partial charge >= 0.3 is 6.09 Å². The molecule has 17 heavy (non-hydrogen) atoms. The van der Waals surface area contributed by atoms with E-state index in [9.17, 15) is 4.79 Å². The Hall–Kier alpha value is -0.770. The van der Waals surface area contributed by atoms with Crippen LogP contribution in [0.1, 0.15) is 33.6 Å². The first kappa shape index (κ1) is 14.3. The third-order valence-corrected chi connectivity index (χ3v) is 2.92. The van der Waals surface area contributed by atoms with Crippen molar-refractivity contribution >= 4 is 6.09 Å². The molecule has 0 spiro atoms. The van der Waals surface area contributed by atoms with Crippen molar-refractivity contribution in [3.63, 3.8) is 0 Å². The number of amides is 1. The molecule has 4 nitrogen and oxygen atoms in total. The second-order valence-corrected chi connectivity index (χ2v) is 6.17. The van der Waals surface area contributed by atoms with E-state index in [4.69, 9.17) is 4.74 Å².